The number of amides is 2. The first-order valence-corrected chi connectivity index (χ1v) is 23.9. The number of unbranched alkanes of at least 4 members (excludes halogenated alkanes) is 18. The summed E-state index contributed by atoms with van der Waals surface area (Å²) in [6.45, 7) is 8.94. The third kappa shape index (κ3) is 37.9. The van der Waals surface area contributed by atoms with Crippen LogP contribution in [0.5, 0.6) is 0 Å². The molecule has 0 aliphatic heterocycles. The van der Waals surface area contributed by atoms with Crippen molar-refractivity contribution in [3.05, 3.63) is 0 Å². The van der Waals surface area contributed by atoms with Gasteiger partial charge in [-0.1, -0.05) is 129 Å². The van der Waals surface area contributed by atoms with E-state index < -0.39 is 19.7 Å². The minimum Gasteiger partial charge on any atom is -0.379 e. The molecule has 6 N–H and O–H groups in total. The number of thioether (sulfide) groups is 1. The molecule has 0 radical (unpaired) electrons. The summed E-state index contributed by atoms with van der Waals surface area (Å²) in [5.41, 5.74) is 6.19. The Morgan fingerprint density at radius 2 is 1.13 bits per heavy atom. The second-order valence-electron chi connectivity index (χ2n) is 14.2. The van der Waals surface area contributed by atoms with E-state index in [0.717, 1.165) is 19.4 Å². The van der Waals surface area contributed by atoms with E-state index in [2.05, 4.69) is 24.5 Å². The maximum absolute atomic E-state index is 12.7. The minimum atomic E-state index is -4.06. The lowest BCUT2D eigenvalue weighted by atomic mass is 10.1. The molecular formula is C39H80N3O9PS. The number of nitrogens with two attached hydrogens (primary N) is 1. The molecule has 0 spiro atoms. The maximum atomic E-state index is 12.7. The highest BCUT2D eigenvalue weighted by Crippen LogP contribution is 2.33. The first-order chi connectivity index (χ1) is 25.6. The zero-order valence-corrected chi connectivity index (χ0v) is 35.5. The number of carbonyl (C=O) groups excluding carboxylic acids is 2. The van der Waals surface area contributed by atoms with Crippen LogP contribution in [-0.4, -0.2) is 110 Å². The number of nitrogens with one attached hydrogen (secondary N) is 2. The number of hydrogen-bond donors (Lipinski definition) is 5. The third-order valence-electron chi connectivity index (χ3n) is 8.93. The summed E-state index contributed by atoms with van der Waals surface area (Å²) < 4.78 is 33.5. The first-order valence-electron chi connectivity index (χ1n) is 20.9. The molecule has 0 saturated heterocycles. The second-order valence-corrected chi connectivity index (χ2v) is 17.1. The molecule has 0 bridgehead atoms. The molecule has 0 aromatic carbocycles. The quantitative estimate of drug-likeness (QED) is 0.0314. The van der Waals surface area contributed by atoms with Crippen LogP contribution < -0.4 is 16.4 Å². The van der Waals surface area contributed by atoms with Gasteiger partial charge in [0.2, 0.25) is 11.8 Å². The average molecular weight is 798 g/mol. The molecule has 0 aliphatic rings. The number of ether oxygens (including phenoxy) is 4. The van der Waals surface area contributed by atoms with Crippen molar-refractivity contribution in [3.63, 3.8) is 0 Å². The summed E-state index contributed by atoms with van der Waals surface area (Å²) in [4.78, 5) is 42.7. The highest BCUT2D eigenvalue weighted by molar-refractivity contribution is 7.99. The molecular weight excluding hydrogens is 717 g/mol. The van der Waals surface area contributed by atoms with Crippen LogP contribution in [0.3, 0.4) is 0 Å². The van der Waals surface area contributed by atoms with Gasteiger partial charge in [0.05, 0.1) is 51.3 Å². The second kappa shape index (κ2) is 38.1. The minimum absolute atomic E-state index is 0.0517. The van der Waals surface area contributed by atoms with Gasteiger partial charge in [-0.3, -0.25) is 14.2 Å². The van der Waals surface area contributed by atoms with Gasteiger partial charge in [0, 0.05) is 31.3 Å². The van der Waals surface area contributed by atoms with Gasteiger partial charge in [0.15, 0.2) is 0 Å². The van der Waals surface area contributed by atoms with Gasteiger partial charge < -0.3 is 45.1 Å². The molecule has 53 heavy (non-hydrogen) atoms. The number of carbonyl (C=O) groups is 2. The lowest BCUT2D eigenvalue weighted by Crippen LogP contribution is -2.51. The van der Waals surface area contributed by atoms with Crippen molar-refractivity contribution >= 4 is 31.2 Å². The van der Waals surface area contributed by atoms with Crippen molar-refractivity contribution in [2.24, 2.45) is 5.73 Å². The summed E-state index contributed by atoms with van der Waals surface area (Å²) in [6, 6.07) is -1.52. The molecule has 0 aromatic rings. The maximum Gasteiger partial charge on any atom is 0.327 e. The van der Waals surface area contributed by atoms with Crippen molar-refractivity contribution in [2.75, 3.05) is 70.5 Å². The van der Waals surface area contributed by atoms with Crippen LogP contribution in [-0.2, 0) is 33.1 Å². The zero-order valence-electron chi connectivity index (χ0n) is 33.8. The van der Waals surface area contributed by atoms with E-state index in [0.29, 0.717) is 24.7 Å². The van der Waals surface area contributed by atoms with Crippen LogP contribution in [0.2, 0.25) is 0 Å². The fourth-order valence-electron chi connectivity index (χ4n) is 5.58. The van der Waals surface area contributed by atoms with Crippen LogP contribution in [0, 0.1) is 0 Å². The molecule has 12 nitrogen and oxygen atoms in total. The van der Waals surface area contributed by atoms with E-state index in [1.165, 1.54) is 116 Å². The molecule has 14 heteroatoms. The Hall–Kier alpha value is -0.760. The third-order valence-corrected chi connectivity index (χ3v) is 10.9. The lowest BCUT2D eigenvalue weighted by Gasteiger charge is -2.20. The van der Waals surface area contributed by atoms with Crippen molar-refractivity contribution in [1.29, 1.82) is 0 Å². The molecule has 0 aromatic heterocycles. The monoisotopic (exact) mass is 798 g/mol. The van der Waals surface area contributed by atoms with Crippen LogP contribution >= 0.6 is 19.4 Å². The normalized spacial score (nSPS) is 13.5. The molecule has 2 amide bonds. The Morgan fingerprint density at radius 3 is 1.66 bits per heavy atom. The SMILES string of the molecule is CCCCCCCCCCCCOC[C@H](CSCC(N)C(=O)NC(C)C(=O)NCCOCCOCCP(=O)(O)O)OCCCCCCCCCCCC. The fraction of sp³-hybridized carbons (Fsp3) is 0.949. The Balaban J connectivity index is 4.35. The molecule has 0 fully saturated rings. The molecule has 0 aliphatic carbocycles. The lowest BCUT2D eigenvalue weighted by molar-refractivity contribution is -0.129. The summed E-state index contributed by atoms with van der Waals surface area (Å²) in [6.07, 6.45) is 25.3. The van der Waals surface area contributed by atoms with Gasteiger partial charge in [-0.25, -0.2) is 0 Å². The van der Waals surface area contributed by atoms with Crippen molar-refractivity contribution in [1.82, 2.24) is 10.6 Å². The highest BCUT2D eigenvalue weighted by Gasteiger charge is 2.21. The first kappa shape index (κ1) is 52.2. The van der Waals surface area contributed by atoms with Crippen LogP contribution in [0.15, 0.2) is 0 Å². The Kier molecular flexibility index (Phi) is 37.6. The summed E-state index contributed by atoms with van der Waals surface area (Å²) >= 11 is 1.57. The van der Waals surface area contributed by atoms with Crippen LogP contribution in [0.25, 0.3) is 0 Å². The van der Waals surface area contributed by atoms with Crippen molar-refractivity contribution in [2.45, 2.75) is 167 Å². The molecule has 3 atom stereocenters. The van der Waals surface area contributed by atoms with Gasteiger partial charge in [-0.05, 0) is 19.8 Å². The van der Waals surface area contributed by atoms with Crippen LogP contribution in [0.4, 0.5) is 0 Å². The van der Waals surface area contributed by atoms with Crippen molar-refractivity contribution in [3.8, 4) is 0 Å². The molecule has 0 saturated carbocycles. The topological polar surface area (TPSA) is 179 Å². The molecule has 2 unspecified atom stereocenters. The smallest absolute Gasteiger partial charge is 0.327 e. The average Bonchev–Trinajstić information content (AvgIpc) is 3.12. The molecule has 0 heterocycles. The predicted octanol–water partition coefficient (Wildman–Crippen LogP) is 7.12. The molecule has 0 rings (SSSR count). The fourth-order valence-corrected chi connectivity index (χ4v) is 6.95. The van der Waals surface area contributed by atoms with E-state index >= 15 is 0 Å². The molecule has 316 valence electrons. The van der Waals surface area contributed by atoms with E-state index in [1.54, 1.807) is 18.7 Å². The van der Waals surface area contributed by atoms with Gasteiger partial charge in [0.1, 0.15) is 6.04 Å². The Bertz CT molecular complexity index is 887. The van der Waals surface area contributed by atoms with Gasteiger partial charge in [-0.15, -0.1) is 0 Å². The largest absolute Gasteiger partial charge is 0.379 e. The van der Waals surface area contributed by atoms with Gasteiger partial charge in [0.25, 0.3) is 0 Å². The van der Waals surface area contributed by atoms with Crippen LogP contribution in [0.1, 0.15) is 149 Å². The number of rotatable bonds is 41. The van der Waals surface area contributed by atoms with E-state index in [1.807, 2.05) is 0 Å². The zero-order chi connectivity index (χ0) is 39.3. The predicted molar refractivity (Wildman–Crippen MR) is 219 cm³/mol. The summed E-state index contributed by atoms with van der Waals surface area (Å²) in [5, 5.41) is 5.39. The van der Waals surface area contributed by atoms with Gasteiger partial charge >= 0.3 is 7.60 Å². The van der Waals surface area contributed by atoms with Gasteiger partial charge in [-0.2, -0.15) is 11.8 Å². The summed E-state index contributed by atoms with van der Waals surface area (Å²) in [7, 11) is -4.06. The highest BCUT2D eigenvalue weighted by atomic mass is 32.2. The number of hydrogen-bond acceptors (Lipinski definition) is 9. The Morgan fingerprint density at radius 1 is 0.642 bits per heavy atom. The standard InChI is InChI=1S/C39H80N3O9PS/c1-4-6-8-10-12-14-16-18-20-22-25-50-32-36(51-26-23-21-19-17-15-13-11-9-7-5-2)33-53-34-37(40)39(44)42-35(3)38(43)41-24-27-48-28-29-49-30-31-52(45,46)47/h35-37H,4-34,40H2,1-3H3,(H,41,43)(H,42,44)(H2,45,46,47)/t35?,36-,37?/m1/s1. The van der Waals surface area contributed by atoms with E-state index in [4.69, 9.17) is 34.5 Å². The van der Waals surface area contributed by atoms with E-state index in [9.17, 15) is 14.2 Å². The Labute approximate surface area is 327 Å². The van der Waals surface area contributed by atoms with E-state index in [-0.39, 0.29) is 57.1 Å². The van der Waals surface area contributed by atoms with Crippen molar-refractivity contribution < 1.29 is 42.9 Å². The summed E-state index contributed by atoms with van der Waals surface area (Å²) in [5.74, 6) is 0.353.